The van der Waals surface area contributed by atoms with E-state index < -0.39 is 5.41 Å². The minimum absolute atomic E-state index is 0.0400. The maximum Gasteiger partial charge on any atom is 0.321 e. The van der Waals surface area contributed by atoms with Gasteiger partial charge in [0.05, 0.1) is 12.5 Å². The van der Waals surface area contributed by atoms with Crippen LogP contribution in [0.5, 0.6) is 0 Å². The zero-order valence-electron chi connectivity index (χ0n) is 16.8. The number of nitrogens with one attached hydrogen (secondary N) is 1. The Kier molecular flexibility index (Phi) is 5.58. The van der Waals surface area contributed by atoms with E-state index in [0.29, 0.717) is 6.04 Å². The summed E-state index contributed by atoms with van der Waals surface area (Å²) in [5.74, 6) is -0.174. The van der Waals surface area contributed by atoms with Crippen LogP contribution in [0.4, 0.5) is 10.5 Å². The fraction of sp³-hybridized carbons (Fsp3) is 0.636. The van der Waals surface area contributed by atoms with Gasteiger partial charge in [0.25, 0.3) is 0 Å². The lowest BCUT2D eigenvalue weighted by molar-refractivity contribution is -0.151. The number of hydrogen-bond donors (Lipinski definition) is 1. The molecule has 0 aromatic heterocycles. The molecule has 1 atom stereocenters. The lowest BCUT2D eigenvalue weighted by Crippen LogP contribution is -2.50. The average molecular weight is 386 g/mol. The third-order valence-corrected chi connectivity index (χ3v) is 6.79. The maximum atomic E-state index is 12.9. The second kappa shape index (κ2) is 8.11. The summed E-state index contributed by atoms with van der Waals surface area (Å²) in [4.78, 5) is 29.7. The van der Waals surface area contributed by atoms with Crippen LogP contribution in [0, 0.1) is 0 Å². The van der Waals surface area contributed by atoms with Gasteiger partial charge in [-0.1, -0.05) is 18.6 Å². The summed E-state index contributed by atoms with van der Waals surface area (Å²) in [5.41, 5.74) is 1.15. The topological polar surface area (TPSA) is 61.9 Å². The van der Waals surface area contributed by atoms with Crippen LogP contribution in [0.1, 0.15) is 50.5 Å². The number of benzene rings is 1. The Hall–Kier alpha value is -2.08. The minimum Gasteiger partial charge on any atom is -0.468 e. The normalized spacial score (nSPS) is 24.5. The Labute approximate surface area is 167 Å². The number of piperidine rings is 1. The van der Waals surface area contributed by atoms with Crippen LogP contribution in [0.3, 0.4) is 0 Å². The van der Waals surface area contributed by atoms with Crippen LogP contribution in [-0.4, -0.2) is 61.1 Å². The lowest BCUT2D eigenvalue weighted by Gasteiger charge is -2.39. The van der Waals surface area contributed by atoms with Crippen molar-refractivity contribution in [3.8, 4) is 0 Å². The summed E-state index contributed by atoms with van der Waals surface area (Å²) < 4.78 is 5.05. The number of carbonyl (C=O) groups is 2. The molecule has 2 amide bonds. The van der Waals surface area contributed by atoms with E-state index in [-0.39, 0.29) is 12.0 Å². The summed E-state index contributed by atoms with van der Waals surface area (Å²) in [7, 11) is 1.45. The number of methoxy groups -OCH3 is 1. The van der Waals surface area contributed by atoms with E-state index in [2.05, 4.69) is 10.2 Å². The number of carbonyl (C=O) groups excluding carboxylic acids is 2. The highest BCUT2D eigenvalue weighted by Gasteiger charge is 2.46. The molecule has 1 aromatic carbocycles. The second-order valence-electron chi connectivity index (χ2n) is 8.42. The van der Waals surface area contributed by atoms with Gasteiger partial charge in [0.15, 0.2) is 0 Å². The number of likely N-dealkylation sites (tertiary alicyclic amines) is 2. The van der Waals surface area contributed by atoms with Crippen LogP contribution >= 0.6 is 0 Å². The summed E-state index contributed by atoms with van der Waals surface area (Å²) >= 11 is 0. The van der Waals surface area contributed by atoms with Gasteiger partial charge in [-0.15, -0.1) is 0 Å². The van der Waals surface area contributed by atoms with Crippen LogP contribution < -0.4 is 5.32 Å². The predicted molar refractivity (Wildman–Crippen MR) is 108 cm³/mol. The molecule has 0 spiro atoms. The first kappa shape index (κ1) is 19.2. The summed E-state index contributed by atoms with van der Waals surface area (Å²) in [6, 6.07) is 8.17. The Balaban J connectivity index is 1.42. The number of nitrogens with zero attached hydrogens (tertiary/aromatic N) is 2. The molecule has 2 saturated heterocycles. The van der Waals surface area contributed by atoms with E-state index in [0.717, 1.165) is 63.1 Å². The molecule has 6 nitrogen and oxygen atoms in total. The number of esters is 1. The van der Waals surface area contributed by atoms with E-state index in [1.165, 1.54) is 26.4 Å². The third kappa shape index (κ3) is 3.62. The van der Waals surface area contributed by atoms with Crippen molar-refractivity contribution in [1.82, 2.24) is 9.80 Å². The summed E-state index contributed by atoms with van der Waals surface area (Å²) in [6.45, 7) is 3.94. The molecule has 1 N–H and O–H groups in total. The highest BCUT2D eigenvalue weighted by atomic mass is 16.5. The Morgan fingerprint density at radius 3 is 2.57 bits per heavy atom. The van der Waals surface area contributed by atoms with Crippen molar-refractivity contribution in [2.75, 3.05) is 38.6 Å². The second-order valence-corrected chi connectivity index (χ2v) is 8.42. The molecule has 1 aliphatic carbocycles. The van der Waals surface area contributed by atoms with Crippen LogP contribution in [-0.2, 0) is 14.9 Å². The quantitative estimate of drug-likeness (QED) is 0.807. The first-order chi connectivity index (χ1) is 13.6. The molecular formula is C22H31N3O3. The molecule has 3 aliphatic rings. The third-order valence-electron chi connectivity index (χ3n) is 6.79. The number of urea groups is 1. The Morgan fingerprint density at radius 2 is 1.89 bits per heavy atom. The van der Waals surface area contributed by atoms with Gasteiger partial charge in [0.2, 0.25) is 0 Å². The van der Waals surface area contributed by atoms with Gasteiger partial charge in [0, 0.05) is 24.8 Å². The lowest BCUT2D eigenvalue weighted by atomic mass is 9.64. The van der Waals surface area contributed by atoms with Crippen molar-refractivity contribution in [3.63, 3.8) is 0 Å². The maximum absolute atomic E-state index is 12.9. The standard InChI is InChI=1S/C22H31N3O3/c1-28-20(26)22(10-6-11-22)17-7-4-8-18(15-17)23-21(27)25-14-5-9-19(16-25)24-12-2-3-13-24/h4,7-8,15,19H,2-3,5-6,9-14,16H2,1H3,(H,23,27). The summed E-state index contributed by atoms with van der Waals surface area (Å²) in [6.07, 6.45) is 7.43. The van der Waals surface area contributed by atoms with Gasteiger partial charge in [-0.2, -0.15) is 0 Å². The van der Waals surface area contributed by atoms with Gasteiger partial charge < -0.3 is 15.0 Å². The van der Waals surface area contributed by atoms with Crippen molar-refractivity contribution in [3.05, 3.63) is 29.8 Å². The fourth-order valence-corrected chi connectivity index (χ4v) is 4.98. The van der Waals surface area contributed by atoms with Gasteiger partial charge >= 0.3 is 12.0 Å². The van der Waals surface area contributed by atoms with Gasteiger partial charge in [-0.25, -0.2) is 4.79 Å². The number of rotatable bonds is 4. The zero-order chi connectivity index (χ0) is 19.6. The average Bonchev–Trinajstić information content (AvgIpc) is 3.22. The van der Waals surface area contributed by atoms with Crippen molar-refractivity contribution in [1.29, 1.82) is 0 Å². The molecule has 2 aliphatic heterocycles. The van der Waals surface area contributed by atoms with Crippen molar-refractivity contribution in [2.24, 2.45) is 0 Å². The van der Waals surface area contributed by atoms with Crippen LogP contribution in [0.15, 0.2) is 24.3 Å². The van der Waals surface area contributed by atoms with E-state index >= 15 is 0 Å². The van der Waals surface area contributed by atoms with Crippen LogP contribution in [0.2, 0.25) is 0 Å². The van der Waals surface area contributed by atoms with Crippen molar-refractivity contribution in [2.45, 2.75) is 56.4 Å². The first-order valence-corrected chi connectivity index (χ1v) is 10.6. The molecule has 0 radical (unpaired) electrons. The number of amides is 2. The molecule has 0 bridgehead atoms. The van der Waals surface area contributed by atoms with E-state index in [1.807, 2.05) is 29.2 Å². The highest BCUT2D eigenvalue weighted by Crippen LogP contribution is 2.45. The fourth-order valence-electron chi connectivity index (χ4n) is 4.98. The Bertz CT molecular complexity index is 725. The van der Waals surface area contributed by atoms with E-state index in [1.54, 1.807) is 0 Å². The monoisotopic (exact) mass is 385 g/mol. The predicted octanol–water partition coefficient (Wildman–Crippen LogP) is 3.37. The highest BCUT2D eigenvalue weighted by molar-refractivity contribution is 5.90. The van der Waals surface area contributed by atoms with Gasteiger partial charge in [-0.3, -0.25) is 9.69 Å². The molecule has 152 valence electrons. The largest absolute Gasteiger partial charge is 0.468 e. The minimum atomic E-state index is -0.540. The summed E-state index contributed by atoms with van der Waals surface area (Å²) in [5, 5.41) is 3.06. The smallest absolute Gasteiger partial charge is 0.321 e. The zero-order valence-corrected chi connectivity index (χ0v) is 16.8. The van der Waals surface area contributed by atoms with Crippen LogP contribution in [0.25, 0.3) is 0 Å². The SMILES string of the molecule is COC(=O)C1(c2cccc(NC(=O)N3CCCC(N4CCCC4)C3)c2)CCC1. The molecule has 1 unspecified atom stereocenters. The molecule has 1 aromatic rings. The molecule has 1 saturated carbocycles. The molecule has 28 heavy (non-hydrogen) atoms. The number of hydrogen-bond acceptors (Lipinski definition) is 4. The number of ether oxygens (including phenoxy) is 1. The molecule has 2 heterocycles. The van der Waals surface area contributed by atoms with Crippen molar-refractivity contribution >= 4 is 17.7 Å². The van der Waals surface area contributed by atoms with Crippen molar-refractivity contribution < 1.29 is 14.3 Å². The molecule has 3 fully saturated rings. The number of anilines is 1. The van der Waals surface area contributed by atoms with Gasteiger partial charge in [-0.05, 0) is 69.3 Å². The Morgan fingerprint density at radius 1 is 1.11 bits per heavy atom. The van der Waals surface area contributed by atoms with Gasteiger partial charge in [0.1, 0.15) is 0 Å². The first-order valence-electron chi connectivity index (χ1n) is 10.6. The van der Waals surface area contributed by atoms with E-state index in [4.69, 9.17) is 4.74 Å². The molecule has 4 rings (SSSR count). The molecule has 6 heteroatoms. The van der Waals surface area contributed by atoms with E-state index in [9.17, 15) is 9.59 Å². The molecular weight excluding hydrogens is 354 g/mol.